The topological polar surface area (TPSA) is 75.1 Å². The number of guanidine groups is 1. The van der Waals surface area contributed by atoms with Crippen molar-refractivity contribution in [3.05, 3.63) is 65.7 Å². The maximum absolute atomic E-state index is 12.2. The summed E-state index contributed by atoms with van der Waals surface area (Å²) in [6.45, 7) is 0.330. The van der Waals surface area contributed by atoms with E-state index in [1.165, 1.54) is 24.3 Å². The molecule has 0 amide bonds. The number of alkyl halides is 2. The van der Waals surface area contributed by atoms with E-state index in [1.807, 2.05) is 37.3 Å². The van der Waals surface area contributed by atoms with Crippen molar-refractivity contribution in [2.45, 2.75) is 25.7 Å². The first kappa shape index (κ1) is 26.1. The summed E-state index contributed by atoms with van der Waals surface area (Å²) in [7, 11) is 1.65. The molecule has 0 saturated heterocycles. The average molecular weight is 535 g/mol. The Bertz CT molecular complexity index is 749. The lowest BCUT2D eigenvalue weighted by Crippen LogP contribution is -2.40. The summed E-state index contributed by atoms with van der Waals surface area (Å²) in [5.41, 5.74) is 1.61. The molecule has 9 heteroatoms. The first-order valence-corrected chi connectivity index (χ1v) is 9.36. The molecule has 2 atom stereocenters. The number of hydrogen-bond acceptors (Lipinski definition) is 4. The summed E-state index contributed by atoms with van der Waals surface area (Å²) in [5.74, 6) is 0.586. The van der Waals surface area contributed by atoms with E-state index in [1.54, 1.807) is 7.11 Å². The van der Waals surface area contributed by atoms with Crippen LogP contribution in [0, 0.1) is 0 Å². The van der Waals surface area contributed by atoms with Gasteiger partial charge in [-0.05, 0) is 30.2 Å². The van der Waals surface area contributed by atoms with Crippen molar-refractivity contribution in [3.63, 3.8) is 0 Å². The molecule has 0 bridgehead atoms. The molecule has 0 aliphatic carbocycles. The minimum Gasteiger partial charge on any atom is -0.435 e. The average Bonchev–Trinajstić information content (AvgIpc) is 2.73. The van der Waals surface area contributed by atoms with Crippen molar-refractivity contribution in [1.82, 2.24) is 10.6 Å². The number of ether oxygens (including phenoxy) is 2. The smallest absolute Gasteiger partial charge is 0.387 e. The van der Waals surface area contributed by atoms with Gasteiger partial charge < -0.3 is 25.2 Å². The molecule has 2 aromatic rings. The predicted molar refractivity (Wildman–Crippen MR) is 124 cm³/mol. The van der Waals surface area contributed by atoms with Crippen LogP contribution in [0.25, 0.3) is 0 Å². The molecular formula is C21H28F2IN3O3. The van der Waals surface area contributed by atoms with Gasteiger partial charge in [0.1, 0.15) is 5.75 Å². The monoisotopic (exact) mass is 535 g/mol. The molecule has 166 valence electrons. The number of aliphatic imine (C=N–C) groups is 1. The quantitative estimate of drug-likeness (QED) is 0.245. The number of aliphatic hydroxyl groups is 1. The van der Waals surface area contributed by atoms with Gasteiger partial charge in [-0.2, -0.15) is 8.78 Å². The first-order valence-electron chi connectivity index (χ1n) is 9.36. The Kier molecular flexibility index (Phi) is 12.2. The Morgan fingerprint density at radius 2 is 1.70 bits per heavy atom. The van der Waals surface area contributed by atoms with E-state index in [0.29, 0.717) is 24.6 Å². The third-order valence-corrected chi connectivity index (χ3v) is 4.17. The third-order valence-electron chi connectivity index (χ3n) is 4.17. The van der Waals surface area contributed by atoms with Gasteiger partial charge in [0.15, 0.2) is 5.96 Å². The second-order valence-electron chi connectivity index (χ2n) is 6.20. The zero-order valence-corrected chi connectivity index (χ0v) is 19.3. The van der Waals surface area contributed by atoms with Gasteiger partial charge in [-0.3, -0.25) is 4.99 Å². The van der Waals surface area contributed by atoms with Crippen molar-refractivity contribution in [3.8, 4) is 5.75 Å². The first-order chi connectivity index (χ1) is 14.0. The normalized spacial score (nSPS) is 13.3. The van der Waals surface area contributed by atoms with Crippen molar-refractivity contribution in [1.29, 1.82) is 0 Å². The summed E-state index contributed by atoms with van der Waals surface area (Å²) in [4.78, 5) is 4.40. The fourth-order valence-corrected chi connectivity index (χ4v) is 2.69. The van der Waals surface area contributed by atoms with Crippen molar-refractivity contribution in [2.24, 2.45) is 4.99 Å². The minimum absolute atomic E-state index is 0. The van der Waals surface area contributed by atoms with Crippen LogP contribution in [0.15, 0.2) is 59.6 Å². The highest BCUT2D eigenvalue weighted by atomic mass is 127. The number of benzene rings is 2. The molecular weight excluding hydrogens is 507 g/mol. The maximum Gasteiger partial charge on any atom is 0.387 e. The van der Waals surface area contributed by atoms with E-state index in [9.17, 15) is 13.9 Å². The van der Waals surface area contributed by atoms with Crippen molar-refractivity contribution < 1.29 is 23.4 Å². The summed E-state index contributed by atoms with van der Waals surface area (Å²) in [6, 6.07) is 15.7. The third kappa shape index (κ3) is 8.80. The Hall–Kier alpha value is -1.98. The molecule has 0 aliphatic rings. The Labute approximate surface area is 192 Å². The van der Waals surface area contributed by atoms with Crippen LogP contribution in [0.4, 0.5) is 8.78 Å². The molecule has 2 aromatic carbocycles. The molecule has 0 fully saturated rings. The highest BCUT2D eigenvalue weighted by Gasteiger charge is 2.12. The van der Waals surface area contributed by atoms with E-state index in [4.69, 9.17) is 4.74 Å². The summed E-state index contributed by atoms with van der Waals surface area (Å²) < 4.78 is 34.3. The van der Waals surface area contributed by atoms with E-state index in [0.717, 1.165) is 5.56 Å². The molecule has 0 saturated carbocycles. The Morgan fingerprint density at radius 3 is 2.27 bits per heavy atom. The molecule has 0 spiro atoms. The standard InChI is InChI=1S/C21H27F2N3O3.HI/c1-3-24-21(26-14-19(28-2)16-7-5-4-6-8-16)25-13-18(27)15-9-11-17(12-10-15)29-20(22)23;/h4-12,18-20,27H,3,13-14H2,1-2H3,(H2,24,25,26);1H. The number of halogens is 3. The van der Waals surface area contributed by atoms with Gasteiger partial charge in [0, 0.05) is 20.2 Å². The molecule has 0 aromatic heterocycles. The lowest BCUT2D eigenvalue weighted by Gasteiger charge is -2.19. The van der Waals surface area contributed by atoms with Crippen molar-refractivity contribution >= 4 is 29.9 Å². The number of aliphatic hydroxyl groups excluding tert-OH is 1. The van der Waals surface area contributed by atoms with Gasteiger partial charge >= 0.3 is 6.61 Å². The lowest BCUT2D eigenvalue weighted by molar-refractivity contribution is -0.0498. The zero-order chi connectivity index (χ0) is 21.1. The number of rotatable bonds is 10. The molecule has 0 aliphatic heterocycles. The highest BCUT2D eigenvalue weighted by molar-refractivity contribution is 14.0. The largest absolute Gasteiger partial charge is 0.435 e. The van der Waals surface area contributed by atoms with Crippen LogP contribution in [-0.4, -0.2) is 44.4 Å². The SMILES string of the molecule is CCNC(=NCC(O)c1ccc(OC(F)F)cc1)NCC(OC)c1ccccc1.I. The van der Waals surface area contributed by atoms with Crippen LogP contribution in [0.2, 0.25) is 0 Å². The van der Waals surface area contributed by atoms with Crippen molar-refractivity contribution in [2.75, 3.05) is 26.7 Å². The second kappa shape index (κ2) is 14.1. The zero-order valence-electron chi connectivity index (χ0n) is 16.9. The summed E-state index contributed by atoms with van der Waals surface area (Å²) >= 11 is 0. The number of nitrogens with zero attached hydrogens (tertiary/aromatic N) is 1. The van der Waals surface area contributed by atoms with Gasteiger partial charge in [0.05, 0.1) is 18.8 Å². The molecule has 6 nitrogen and oxygen atoms in total. The van der Waals surface area contributed by atoms with Gasteiger partial charge in [-0.1, -0.05) is 42.5 Å². The van der Waals surface area contributed by atoms with Crippen LogP contribution < -0.4 is 15.4 Å². The van der Waals surface area contributed by atoms with Crippen LogP contribution in [-0.2, 0) is 4.74 Å². The summed E-state index contributed by atoms with van der Waals surface area (Å²) in [6.07, 6.45) is -1.02. The molecule has 2 unspecified atom stereocenters. The minimum atomic E-state index is -2.88. The molecule has 30 heavy (non-hydrogen) atoms. The Balaban J connectivity index is 0.00000450. The number of methoxy groups -OCH3 is 1. The van der Waals surface area contributed by atoms with Gasteiger partial charge in [-0.15, -0.1) is 24.0 Å². The van der Waals surface area contributed by atoms with Gasteiger partial charge in [0.25, 0.3) is 0 Å². The number of nitrogens with one attached hydrogen (secondary N) is 2. The van der Waals surface area contributed by atoms with E-state index < -0.39 is 12.7 Å². The molecule has 3 N–H and O–H groups in total. The molecule has 2 rings (SSSR count). The fraction of sp³-hybridized carbons (Fsp3) is 0.381. The molecule has 0 heterocycles. The van der Waals surface area contributed by atoms with Crippen LogP contribution in [0.5, 0.6) is 5.75 Å². The van der Waals surface area contributed by atoms with E-state index in [-0.39, 0.29) is 42.4 Å². The Morgan fingerprint density at radius 1 is 1.03 bits per heavy atom. The number of hydrogen-bond donors (Lipinski definition) is 3. The highest BCUT2D eigenvalue weighted by Crippen LogP contribution is 2.19. The second-order valence-corrected chi connectivity index (χ2v) is 6.20. The van der Waals surface area contributed by atoms with E-state index >= 15 is 0 Å². The van der Waals surface area contributed by atoms with Crippen LogP contribution in [0.3, 0.4) is 0 Å². The maximum atomic E-state index is 12.2. The van der Waals surface area contributed by atoms with Gasteiger partial charge in [0.2, 0.25) is 0 Å². The predicted octanol–water partition coefficient (Wildman–Crippen LogP) is 3.88. The fourth-order valence-electron chi connectivity index (χ4n) is 2.69. The van der Waals surface area contributed by atoms with Crippen LogP contribution in [0.1, 0.15) is 30.3 Å². The summed E-state index contributed by atoms with van der Waals surface area (Å²) in [5, 5.41) is 16.7. The van der Waals surface area contributed by atoms with Crippen LogP contribution >= 0.6 is 24.0 Å². The van der Waals surface area contributed by atoms with Gasteiger partial charge in [-0.25, -0.2) is 0 Å². The molecule has 0 radical (unpaired) electrons. The van der Waals surface area contributed by atoms with E-state index in [2.05, 4.69) is 20.4 Å². The lowest BCUT2D eigenvalue weighted by atomic mass is 10.1.